The van der Waals surface area contributed by atoms with Crippen LogP contribution in [0.15, 0.2) is 18.2 Å². The van der Waals surface area contributed by atoms with Crippen LogP contribution in [0.1, 0.15) is 12.0 Å². The van der Waals surface area contributed by atoms with Crippen molar-refractivity contribution in [1.82, 2.24) is 0 Å². The van der Waals surface area contributed by atoms with Crippen LogP contribution in [0.5, 0.6) is 0 Å². The van der Waals surface area contributed by atoms with Crippen LogP contribution in [0.4, 0.5) is 10.1 Å². The highest BCUT2D eigenvalue weighted by Gasteiger charge is 2.37. The first-order valence-electron chi connectivity index (χ1n) is 6.39. The van der Waals surface area contributed by atoms with Gasteiger partial charge < -0.3 is 9.64 Å². The fourth-order valence-electron chi connectivity index (χ4n) is 2.22. The molecule has 22 heavy (non-hydrogen) atoms. The van der Waals surface area contributed by atoms with Gasteiger partial charge in [0.15, 0.2) is 0 Å². The first kappa shape index (κ1) is 16.4. The van der Waals surface area contributed by atoms with Crippen molar-refractivity contribution < 1.29 is 27.1 Å². The molecule has 0 aromatic heterocycles. The highest BCUT2D eigenvalue weighted by Crippen LogP contribution is 2.26. The maximum Gasteiger partial charge on any atom is 0.310 e. The maximum atomic E-state index is 14.0. The Hall–Kier alpha value is -2.00. The molecule has 0 spiro atoms. The van der Waals surface area contributed by atoms with E-state index < -0.39 is 33.0 Å². The number of rotatable bonds is 4. The Bertz CT molecular complexity index is 719. The van der Waals surface area contributed by atoms with Gasteiger partial charge in [-0.25, -0.2) is 17.9 Å². The molecule has 1 aromatic rings. The van der Waals surface area contributed by atoms with Crippen LogP contribution in [0.25, 0.3) is 0 Å². The van der Waals surface area contributed by atoms with Gasteiger partial charge in [0.05, 0.1) is 13.5 Å². The van der Waals surface area contributed by atoms with Crippen molar-refractivity contribution in [3.63, 3.8) is 0 Å². The number of hydrogen-bond donors (Lipinski definition) is 1. The predicted molar refractivity (Wildman–Crippen MR) is 76.0 cm³/mol. The molecule has 1 aliphatic heterocycles. The van der Waals surface area contributed by atoms with Gasteiger partial charge in [-0.05, 0) is 17.7 Å². The number of carbonyl (C=O) groups excluding carboxylic acids is 2. The normalized spacial score (nSPS) is 18.6. The number of ether oxygens (including phenoxy) is 1. The van der Waals surface area contributed by atoms with E-state index in [2.05, 4.69) is 4.74 Å². The number of amides is 1. The number of carbonyl (C=O) groups is 2. The van der Waals surface area contributed by atoms with Crippen LogP contribution in [0.3, 0.4) is 0 Å². The molecule has 2 N–H and O–H groups in total. The molecule has 2 rings (SSSR count). The number of anilines is 1. The largest absolute Gasteiger partial charge is 0.469 e. The fourth-order valence-corrected chi connectivity index (χ4v) is 2.95. The van der Waals surface area contributed by atoms with Crippen molar-refractivity contribution in [2.24, 2.45) is 5.14 Å². The molecule has 1 amide bonds. The van der Waals surface area contributed by atoms with Gasteiger partial charge in [0.1, 0.15) is 11.1 Å². The minimum absolute atomic E-state index is 0.118. The summed E-state index contributed by atoms with van der Waals surface area (Å²) >= 11 is 0. The molecule has 1 aromatic carbocycles. The summed E-state index contributed by atoms with van der Waals surface area (Å²) in [5.41, 5.74) is 0.354. The maximum absolute atomic E-state index is 14.0. The quantitative estimate of drug-likeness (QED) is 0.778. The van der Waals surface area contributed by atoms with Crippen molar-refractivity contribution in [3.8, 4) is 0 Å². The van der Waals surface area contributed by atoms with E-state index in [9.17, 15) is 22.4 Å². The lowest BCUT2D eigenvalue weighted by Crippen LogP contribution is -2.32. The molecule has 0 saturated carbocycles. The summed E-state index contributed by atoms with van der Waals surface area (Å²) in [6, 6.07) is 3.89. The van der Waals surface area contributed by atoms with E-state index in [1.54, 1.807) is 0 Å². The Balaban J connectivity index is 2.22. The zero-order chi connectivity index (χ0) is 16.5. The van der Waals surface area contributed by atoms with E-state index in [4.69, 9.17) is 5.14 Å². The van der Waals surface area contributed by atoms with Crippen molar-refractivity contribution in [2.75, 3.05) is 18.6 Å². The minimum atomic E-state index is -3.83. The van der Waals surface area contributed by atoms with Crippen LogP contribution in [0.2, 0.25) is 0 Å². The Kier molecular flexibility index (Phi) is 4.47. The molecule has 1 atom stereocenters. The highest BCUT2D eigenvalue weighted by atomic mass is 32.2. The molecule has 1 aliphatic rings. The molecule has 0 aliphatic carbocycles. The van der Waals surface area contributed by atoms with Crippen LogP contribution in [-0.2, 0) is 30.8 Å². The zero-order valence-electron chi connectivity index (χ0n) is 11.8. The SMILES string of the molecule is COC(=O)Cc1ccc(N2CC(S(N)(=O)=O)CC2=O)cc1F. The lowest BCUT2D eigenvalue weighted by Gasteiger charge is -2.17. The zero-order valence-corrected chi connectivity index (χ0v) is 12.6. The lowest BCUT2D eigenvalue weighted by atomic mass is 10.1. The average Bonchev–Trinajstić information content (AvgIpc) is 2.83. The van der Waals surface area contributed by atoms with Crippen molar-refractivity contribution in [3.05, 3.63) is 29.6 Å². The first-order valence-corrected chi connectivity index (χ1v) is 8.00. The van der Waals surface area contributed by atoms with Gasteiger partial charge in [0.25, 0.3) is 0 Å². The van der Waals surface area contributed by atoms with Crippen molar-refractivity contribution in [1.29, 1.82) is 0 Å². The standard InChI is InChI=1S/C13H15FN2O5S/c1-21-13(18)4-8-2-3-9(5-11(8)14)16-7-10(6-12(16)17)22(15,19)20/h2-3,5,10H,4,6-7H2,1H3,(H2,15,19,20). The van der Waals surface area contributed by atoms with E-state index in [1.807, 2.05) is 0 Å². The van der Waals surface area contributed by atoms with Gasteiger partial charge in [-0.1, -0.05) is 6.07 Å². The summed E-state index contributed by atoms with van der Waals surface area (Å²) in [6.45, 7) is -0.118. The Labute approximate surface area is 126 Å². The van der Waals surface area contributed by atoms with Crippen LogP contribution < -0.4 is 10.0 Å². The second kappa shape index (κ2) is 6.01. The van der Waals surface area contributed by atoms with Gasteiger partial charge in [-0.3, -0.25) is 9.59 Å². The molecule has 1 heterocycles. The fraction of sp³-hybridized carbons (Fsp3) is 0.385. The average molecular weight is 330 g/mol. The first-order chi connectivity index (χ1) is 10.2. The second-order valence-electron chi connectivity index (χ2n) is 4.95. The Morgan fingerprint density at radius 1 is 1.50 bits per heavy atom. The number of nitrogens with two attached hydrogens (primary N) is 1. The molecular weight excluding hydrogens is 315 g/mol. The van der Waals surface area contributed by atoms with Gasteiger partial charge in [0, 0.05) is 18.7 Å². The predicted octanol–water partition coefficient (Wildman–Crippen LogP) is -0.0650. The lowest BCUT2D eigenvalue weighted by molar-refractivity contribution is -0.139. The topological polar surface area (TPSA) is 107 Å². The second-order valence-corrected chi connectivity index (χ2v) is 6.79. The summed E-state index contributed by atoms with van der Waals surface area (Å²) in [5.74, 6) is -1.70. The van der Waals surface area contributed by atoms with Crippen molar-refractivity contribution >= 4 is 27.6 Å². The summed E-state index contributed by atoms with van der Waals surface area (Å²) in [7, 11) is -2.63. The molecular formula is C13H15FN2O5S. The third-order valence-electron chi connectivity index (χ3n) is 3.46. The van der Waals surface area contributed by atoms with Gasteiger partial charge in [-0.2, -0.15) is 0 Å². The number of methoxy groups -OCH3 is 1. The molecule has 0 radical (unpaired) electrons. The molecule has 1 fully saturated rings. The third kappa shape index (κ3) is 3.42. The third-order valence-corrected chi connectivity index (χ3v) is 4.71. The minimum Gasteiger partial charge on any atom is -0.469 e. The number of hydrogen-bond acceptors (Lipinski definition) is 5. The number of esters is 1. The highest BCUT2D eigenvalue weighted by molar-refractivity contribution is 7.89. The van der Waals surface area contributed by atoms with Crippen LogP contribution in [-0.4, -0.2) is 39.2 Å². The van der Waals surface area contributed by atoms with Gasteiger partial charge in [0.2, 0.25) is 15.9 Å². The van der Waals surface area contributed by atoms with E-state index in [0.29, 0.717) is 0 Å². The number of primary sulfonamides is 1. The Morgan fingerprint density at radius 3 is 2.68 bits per heavy atom. The molecule has 7 nitrogen and oxygen atoms in total. The monoisotopic (exact) mass is 330 g/mol. The molecule has 1 saturated heterocycles. The van der Waals surface area contributed by atoms with Crippen molar-refractivity contribution in [2.45, 2.75) is 18.1 Å². The molecule has 9 heteroatoms. The smallest absolute Gasteiger partial charge is 0.310 e. The van der Waals surface area contributed by atoms with E-state index in [1.165, 1.54) is 24.1 Å². The van der Waals surface area contributed by atoms with E-state index >= 15 is 0 Å². The summed E-state index contributed by atoms with van der Waals surface area (Å²) in [6.07, 6.45) is -0.458. The number of nitrogens with zero attached hydrogens (tertiary/aromatic N) is 1. The Morgan fingerprint density at radius 2 is 2.18 bits per heavy atom. The summed E-state index contributed by atoms with van der Waals surface area (Å²) in [5, 5.41) is 4.03. The molecule has 120 valence electrons. The number of halogens is 1. The summed E-state index contributed by atoms with van der Waals surface area (Å²) in [4.78, 5) is 24.2. The van der Waals surface area contributed by atoms with Gasteiger partial charge >= 0.3 is 5.97 Å². The van der Waals surface area contributed by atoms with E-state index in [0.717, 1.165) is 6.07 Å². The molecule has 0 bridgehead atoms. The summed E-state index contributed by atoms with van der Waals surface area (Å²) < 4.78 is 41.0. The molecule has 1 unspecified atom stereocenters. The van der Waals surface area contributed by atoms with E-state index in [-0.39, 0.29) is 30.6 Å². The van der Waals surface area contributed by atoms with Crippen LogP contribution in [0, 0.1) is 5.82 Å². The van der Waals surface area contributed by atoms with Gasteiger partial charge in [-0.15, -0.1) is 0 Å². The number of sulfonamides is 1. The number of benzene rings is 1. The van der Waals surface area contributed by atoms with Crippen LogP contribution >= 0.6 is 0 Å².